The van der Waals surface area contributed by atoms with Crippen LogP contribution in [0.3, 0.4) is 0 Å². The van der Waals surface area contributed by atoms with Crippen molar-refractivity contribution in [1.82, 2.24) is 40.2 Å². The van der Waals surface area contributed by atoms with Crippen LogP contribution in [0.4, 0.5) is 8.78 Å². The smallest absolute Gasteiger partial charge is 0.245 e. The van der Waals surface area contributed by atoms with E-state index in [9.17, 15) is 18.4 Å². The highest BCUT2D eigenvalue weighted by atomic mass is 35.5. The number of aromatic nitrogens is 6. The number of hydrogen-bond acceptors (Lipinski definition) is 8. The first kappa shape index (κ1) is 58.0. The molecule has 12 nitrogen and oxygen atoms in total. The van der Waals surface area contributed by atoms with Gasteiger partial charge in [-0.1, -0.05) is 98.8 Å². The molecule has 0 aliphatic carbocycles. The molecular formula is C62H67ClF2N8O4. The molecule has 0 saturated carbocycles. The molecule has 0 bridgehead atoms. The minimum Gasteiger partial charge on any atom is -0.478 e. The van der Waals surface area contributed by atoms with Gasteiger partial charge in [-0.3, -0.25) is 19.8 Å². The Bertz CT molecular complexity index is 3080. The average molecular weight is 1060 g/mol. The zero-order chi connectivity index (χ0) is 53.8. The van der Waals surface area contributed by atoms with Gasteiger partial charge in [0.1, 0.15) is 0 Å². The highest BCUT2D eigenvalue weighted by molar-refractivity contribution is 6.01. The minimum atomic E-state index is -0.444. The van der Waals surface area contributed by atoms with Crippen molar-refractivity contribution in [2.45, 2.75) is 65.2 Å². The van der Waals surface area contributed by atoms with Gasteiger partial charge >= 0.3 is 0 Å². The predicted octanol–water partition coefficient (Wildman–Crippen LogP) is 13.7. The lowest BCUT2D eigenvalue weighted by molar-refractivity contribution is -0.124. The summed E-state index contributed by atoms with van der Waals surface area (Å²) in [5.74, 6) is 0.210. The van der Waals surface area contributed by atoms with Crippen LogP contribution < -0.4 is 9.47 Å². The van der Waals surface area contributed by atoms with Crippen LogP contribution in [0.1, 0.15) is 98.6 Å². The second-order valence-corrected chi connectivity index (χ2v) is 18.4. The second kappa shape index (κ2) is 29.2. The number of hydrogen-bond donors (Lipinski definition) is 2. The van der Waals surface area contributed by atoms with Crippen molar-refractivity contribution in [3.05, 3.63) is 203 Å². The first-order valence-electron chi connectivity index (χ1n) is 25.7. The Morgan fingerprint density at radius 1 is 0.519 bits per heavy atom. The van der Waals surface area contributed by atoms with Gasteiger partial charge in [0.2, 0.25) is 35.5 Å². The quantitative estimate of drug-likeness (QED) is 0.0388. The van der Waals surface area contributed by atoms with E-state index < -0.39 is 11.9 Å². The molecule has 0 atom stereocenters. The van der Waals surface area contributed by atoms with Crippen molar-refractivity contribution in [3.63, 3.8) is 0 Å². The van der Waals surface area contributed by atoms with Gasteiger partial charge in [-0.15, -0.1) is 12.4 Å². The molecule has 15 heteroatoms. The molecule has 8 rings (SSSR count). The van der Waals surface area contributed by atoms with Crippen molar-refractivity contribution in [1.29, 1.82) is 0 Å². The topological polar surface area (TPSA) is 142 Å². The van der Waals surface area contributed by atoms with Gasteiger partial charge in [0.25, 0.3) is 0 Å². The number of H-pyrrole nitrogens is 2. The van der Waals surface area contributed by atoms with E-state index in [1.54, 1.807) is 50.1 Å². The number of nitrogens with zero attached hydrogens (tertiary/aromatic N) is 6. The number of pyridine rings is 2. The summed E-state index contributed by atoms with van der Waals surface area (Å²) in [6.07, 6.45) is 17.4. The molecule has 77 heavy (non-hydrogen) atoms. The number of halogens is 3. The van der Waals surface area contributed by atoms with E-state index >= 15 is 0 Å². The van der Waals surface area contributed by atoms with E-state index in [0.29, 0.717) is 46.8 Å². The number of likely N-dealkylation sites (N-methyl/N-ethyl adjacent to an activating group) is 2. The summed E-state index contributed by atoms with van der Waals surface area (Å²) in [6.45, 7) is 5.34. The van der Waals surface area contributed by atoms with Crippen LogP contribution in [-0.4, -0.2) is 93.4 Å². The number of amides is 2. The van der Waals surface area contributed by atoms with Gasteiger partial charge in [-0.05, 0) is 144 Å². The molecular weight excluding hydrogens is 994 g/mol. The van der Waals surface area contributed by atoms with E-state index in [-0.39, 0.29) is 24.2 Å². The zero-order valence-electron chi connectivity index (χ0n) is 44.6. The molecule has 0 spiro atoms. The number of aromatic amines is 2. The molecule has 0 unspecified atom stereocenters. The molecule has 2 N–H and O–H groups in total. The number of unbranched alkanes of at least 4 members (excludes halogenated alkanes) is 4. The number of allylic oxidation sites excluding steroid dienone is 4. The van der Waals surface area contributed by atoms with Crippen LogP contribution in [0.5, 0.6) is 11.8 Å². The number of carbonyl (C=O) groups is 2. The SMILES string of the molecule is CC/C(=C(/c1ccc(OCCCC/C=C/C(=O)N(C)C)nc1)c1ccc2n[nH]c(F)c2c1)c1ccccc1.CC/C(=C(/c1ccc(OCCCC/C=C/C(=O)N(C)C)nc1)c1ccc2n[nH]c(F)c2c1)c1ccccc1.Cl. The van der Waals surface area contributed by atoms with Gasteiger partial charge in [0, 0.05) is 63.8 Å². The van der Waals surface area contributed by atoms with Crippen LogP contribution in [-0.2, 0) is 9.59 Å². The van der Waals surface area contributed by atoms with Crippen molar-refractivity contribution < 1.29 is 27.8 Å². The molecule has 4 heterocycles. The van der Waals surface area contributed by atoms with Crippen LogP contribution in [0.15, 0.2) is 158 Å². The standard InChI is InChI=1S/2C31H33FN4O2.ClH/c2*1-4-25(22-12-8-7-9-13-22)30(23-15-17-27-26(20-23)31(32)35-34-27)24-16-18-28(33-21-24)38-19-11-6-5-10-14-29(37)36(2)3;/h2*7-10,12-18,20-21H,4-6,11,19H2,1-3H3,(H,34,35);1H/b2*14-10+,30-25-;. The number of ether oxygens (including phenoxy) is 2. The number of fused-ring (bicyclic) bond motifs is 2. The Balaban J connectivity index is 0.000000246. The fourth-order valence-corrected chi connectivity index (χ4v) is 8.60. The lowest BCUT2D eigenvalue weighted by Crippen LogP contribution is -2.18. The second-order valence-electron chi connectivity index (χ2n) is 18.4. The maximum absolute atomic E-state index is 14.4. The Labute approximate surface area is 456 Å². The van der Waals surface area contributed by atoms with E-state index in [1.165, 1.54) is 0 Å². The number of carbonyl (C=O) groups excluding carboxylic acids is 2. The third-order valence-corrected chi connectivity index (χ3v) is 12.6. The summed E-state index contributed by atoms with van der Waals surface area (Å²) in [5.41, 5.74) is 11.3. The van der Waals surface area contributed by atoms with Gasteiger partial charge in [-0.2, -0.15) is 19.0 Å². The van der Waals surface area contributed by atoms with Crippen LogP contribution >= 0.6 is 12.4 Å². The molecule has 4 aromatic heterocycles. The molecule has 4 aromatic carbocycles. The molecule has 2 amide bonds. The zero-order valence-corrected chi connectivity index (χ0v) is 45.4. The summed E-state index contributed by atoms with van der Waals surface area (Å²) in [6, 6.07) is 39.5. The molecule has 400 valence electrons. The van der Waals surface area contributed by atoms with Crippen molar-refractivity contribution in [2.24, 2.45) is 0 Å². The summed E-state index contributed by atoms with van der Waals surface area (Å²) in [7, 11) is 6.94. The average Bonchev–Trinajstić information content (AvgIpc) is 4.01. The van der Waals surface area contributed by atoms with Crippen molar-refractivity contribution >= 4 is 68.3 Å². The van der Waals surface area contributed by atoms with E-state index in [2.05, 4.69) is 68.5 Å². The Morgan fingerprint density at radius 2 is 0.909 bits per heavy atom. The number of nitrogens with one attached hydrogen (secondary N) is 2. The fourth-order valence-electron chi connectivity index (χ4n) is 8.60. The van der Waals surface area contributed by atoms with Crippen LogP contribution in [0, 0.1) is 11.9 Å². The fraction of sp³-hybridized carbons (Fsp3) is 0.258. The molecule has 0 radical (unpaired) electrons. The third kappa shape index (κ3) is 15.9. The molecule has 0 aliphatic rings. The molecule has 8 aromatic rings. The molecule has 0 saturated heterocycles. The summed E-state index contributed by atoms with van der Waals surface area (Å²) in [4.78, 5) is 35.4. The first-order valence-corrected chi connectivity index (χ1v) is 25.7. The maximum atomic E-state index is 14.4. The lowest BCUT2D eigenvalue weighted by atomic mass is 9.88. The highest BCUT2D eigenvalue weighted by Gasteiger charge is 2.18. The summed E-state index contributed by atoms with van der Waals surface area (Å²) >= 11 is 0. The molecule has 0 aliphatic heterocycles. The van der Waals surface area contributed by atoms with E-state index in [0.717, 1.165) is 107 Å². The summed E-state index contributed by atoms with van der Waals surface area (Å²) < 4.78 is 40.4. The van der Waals surface area contributed by atoms with Crippen LogP contribution in [0.25, 0.3) is 44.1 Å². The number of benzene rings is 4. The molecule has 0 fully saturated rings. The van der Waals surface area contributed by atoms with Crippen molar-refractivity contribution in [3.8, 4) is 11.8 Å². The maximum Gasteiger partial charge on any atom is 0.245 e. The third-order valence-electron chi connectivity index (χ3n) is 12.6. The Morgan fingerprint density at radius 3 is 1.26 bits per heavy atom. The van der Waals surface area contributed by atoms with Gasteiger partial charge < -0.3 is 19.3 Å². The highest BCUT2D eigenvalue weighted by Crippen LogP contribution is 2.38. The van der Waals surface area contributed by atoms with Gasteiger partial charge in [0.15, 0.2) is 0 Å². The predicted molar refractivity (Wildman–Crippen MR) is 307 cm³/mol. The van der Waals surface area contributed by atoms with Gasteiger partial charge in [-0.25, -0.2) is 9.97 Å². The number of rotatable bonds is 22. The van der Waals surface area contributed by atoms with E-state index in [1.807, 2.05) is 122 Å². The van der Waals surface area contributed by atoms with Crippen LogP contribution in [0.2, 0.25) is 0 Å². The largest absolute Gasteiger partial charge is 0.478 e. The monoisotopic (exact) mass is 1060 g/mol. The van der Waals surface area contributed by atoms with Crippen molar-refractivity contribution in [2.75, 3.05) is 41.4 Å². The summed E-state index contributed by atoms with van der Waals surface area (Å²) in [5, 5.41) is 13.8. The normalized spacial score (nSPS) is 11.9. The Kier molecular flexibility index (Phi) is 22.0. The first-order chi connectivity index (χ1) is 36.9. The minimum absolute atomic E-state index is 0. The Hall–Kier alpha value is -8.23. The lowest BCUT2D eigenvalue weighted by Gasteiger charge is -2.16. The van der Waals surface area contributed by atoms with E-state index in [4.69, 9.17) is 9.47 Å². The van der Waals surface area contributed by atoms with Gasteiger partial charge in [0.05, 0.1) is 35.0 Å².